The highest BCUT2D eigenvalue weighted by molar-refractivity contribution is 6.07. The molecular formula is C44H16F6N8. The molecule has 9 rings (SSSR count). The van der Waals surface area contributed by atoms with Gasteiger partial charge in [0.1, 0.15) is 35.4 Å². The SMILES string of the molecule is N#CC(C#N)=C1c2cc(-c3ccc(C(F)(F)F)cc3)ccc2-c2nc3cc4nc5c(nc4cc3nc21)C(=C(C#N)C#N)c1cc(-c2ccc(C(F)(F)F)cc2)ccc1-5. The summed E-state index contributed by atoms with van der Waals surface area (Å²) >= 11 is 0. The smallest absolute Gasteiger partial charge is 0.244 e. The third kappa shape index (κ3) is 5.51. The largest absolute Gasteiger partial charge is 0.416 e. The number of allylic oxidation sites excluding steroid dienone is 2. The Morgan fingerprint density at radius 1 is 0.379 bits per heavy atom. The maximum Gasteiger partial charge on any atom is 0.416 e. The van der Waals surface area contributed by atoms with Gasteiger partial charge in [0.2, 0.25) is 0 Å². The summed E-state index contributed by atoms with van der Waals surface area (Å²) in [5.41, 5.74) is 4.93. The van der Waals surface area contributed by atoms with Crippen molar-refractivity contribution in [3.63, 3.8) is 0 Å². The highest BCUT2D eigenvalue weighted by Crippen LogP contribution is 2.48. The van der Waals surface area contributed by atoms with Crippen LogP contribution >= 0.6 is 0 Å². The minimum absolute atomic E-state index is 0.204. The molecule has 58 heavy (non-hydrogen) atoms. The van der Waals surface area contributed by atoms with Crippen LogP contribution in [0.1, 0.15) is 33.6 Å². The second kappa shape index (κ2) is 12.7. The summed E-state index contributed by atoms with van der Waals surface area (Å²) in [4.78, 5) is 19.5. The van der Waals surface area contributed by atoms with Gasteiger partial charge in [-0.25, -0.2) is 19.9 Å². The van der Waals surface area contributed by atoms with Crippen LogP contribution < -0.4 is 0 Å². The topological polar surface area (TPSA) is 147 Å². The van der Waals surface area contributed by atoms with E-state index in [1.165, 1.54) is 24.3 Å². The van der Waals surface area contributed by atoms with Crippen LogP contribution in [0.25, 0.3) is 78.0 Å². The Balaban J connectivity index is 1.19. The molecule has 0 amide bonds. The van der Waals surface area contributed by atoms with E-state index in [2.05, 4.69) is 0 Å². The van der Waals surface area contributed by atoms with E-state index in [4.69, 9.17) is 19.9 Å². The van der Waals surface area contributed by atoms with E-state index >= 15 is 0 Å². The van der Waals surface area contributed by atoms with E-state index in [0.29, 0.717) is 78.0 Å². The Kier molecular flexibility index (Phi) is 7.76. The Labute approximate surface area is 323 Å². The molecule has 8 nitrogen and oxygen atoms in total. The van der Waals surface area contributed by atoms with Crippen LogP contribution in [0.4, 0.5) is 26.3 Å². The molecular weight excluding hydrogens is 755 g/mol. The fourth-order valence-electron chi connectivity index (χ4n) is 7.34. The third-order valence-electron chi connectivity index (χ3n) is 10.0. The lowest BCUT2D eigenvalue weighted by atomic mass is 9.96. The molecule has 0 bridgehead atoms. The van der Waals surface area contributed by atoms with Gasteiger partial charge >= 0.3 is 12.4 Å². The number of hydrogen-bond donors (Lipinski definition) is 0. The summed E-state index contributed by atoms with van der Waals surface area (Å²) in [5.74, 6) is 0. The number of nitriles is 4. The van der Waals surface area contributed by atoms with Crippen LogP contribution in [0.3, 0.4) is 0 Å². The van der Waals surface area contributed by atoms with Gasteiger partial charge in [0.25, 0.3) is 0 Å². The van der Waals surface area contributed by atoms with E-state index in [-0.39, 0.29) is 33.7 Å². The lowest BCUT2D eigenvalue weighted by molar-refractivity contribution is -0.138. The average molecular weight is 771 g/mol. The summed E-state index contributed by atoms with van der Waals surface area (Å²) < 4.78 is 79.5. The van der Waals surface area contributed by atoms with Crippen molar-refractivity contribution < 1.29 is 26.3 Å². The summed E-state index contributed by atoms with van der Waals surface area (Å²) in [6.45, 7) is 0. The molecule has 0 spiro atoms. The van der Waals surface area contributed by atoms with Gasteiger partial charge in [0, 0.05) is 22.3 Å². The van der Waals surface area contributed by atoms with Crippen molar-refractivity contribution in [1.29, 1.82) is 21.0 Å². The van der Waals surface area contributed by atoms with Gasteiger partial charge in [-0.05, 0) is 81.9 Å². The highest BCUT2D eigenvalue weighted by Gasteiger charge is 2.34. The van der Waals surface area contributed by atoms with Crippen LogP contribution in [0.5, 0.6) is 0 Å². The molecule has 2 aromatic heterocycles. The van der Waals surface area contributed by atoms with Crippen molar-refractivity contribution in [2.45, 2.75) is 12.4 Å². The zero-order valence-corrected chi connectivity index (χ0v) is 29.1. The molecule has 0 aliphatic heterocycles. The first-order chi connectivity index (χ1) is 27.8. The van der Waals surface area contributed by atoms with Crippen molar-refractivity contribution in [1.82, 2.24) is 19.9 Å². The second-order valence-electron chi connectivity index (χ2n) is 13.3. The minimum atomic E-state index is -4.51. The lowest BCUT2D eigenvalue weighted by Crippen LogP contribution is -2.04. The first-order valence-corrected chi connectivity index (χ1v) is 17.1. The Morgan fingerprint density at radius 3 is 1.00 bits per heavy atom. The molecule has 2 heterocycles. The highest BCUT2D eigenvalue weighted by atomic mass is 19.4. The number of nitrogens with zero attached hydrogens (tertiary/aromatic N) is 8. The number of hydrogen-bond acceptors (Lipinski definition) is 8. The fraction of sp³-hybridized carbons (Fsp3) is 0.0455. The van der Waals surface area contributed by atoms with Crippen molar-refractivity contribution >= 4 is 33.2 Å². The molecule has 2 aliphatic rings. The molecule has 0 unspecified atom stereocenters. The Morgan fingerprint density at radius 2 is 0.690 bits per heavy atom. The maximum absolute atomic E-state index is 13.2. The van der Waals surface area contributed by atoms with Crippen molar-refractivity contribution in [2.24, 2.45) is 0 Å². The zero-order valence-electron chi connectivity index (χ0n) is 29.1. The van der Waals surface area contributed by atoms with E-state index < -0.39 is 23.5 Å². The van der Waals surface area contributed by atoms with E-state index in [1.54, 1.807) is 48.5 Å². The molecule has 0 radical (unpaired) electrons. The van der Waals surface area contributed by atoms with Gasteiger partial charge in [-0.15, -0.1) is 0 Å². The predicted molar refractivity (Wildman–Crippen MR) is 199 cm³/mol. The van der Waals surface area contributed by atoms with Crippen LogP contribution in [-0.4, -0.2) is 19.9 Å². The summed E-state index contributed by atoms with van der Waals surface area (Å²) in [7, 11) is 0. The molecule has 0 N–H and O–H groups in total. The number of rotatable bonds is 2. The molecule has 0 fully saturated rings. The number of benzene rings is 5. The standard InChI is InChI=1S/C44H16F6N8/c45-43(46,47)27-7-1-21(2-8-27)23-5-11-29-31(13-23)37(25(17-51)18-52)41-39(29)55-33-15-34-36(16-35(33)57-41)58-42-38(26(19-53)20-54)32-14-24(6-12-30(32)40(42)56-34)22-3-9-28(10-4-22)44(48,49)50/h1-16H. The molecule has 274 valence electrons. The van der Waals surface area contributed by atoms with E-state index in [1.807, 2.05) is 24.3 Å². The van der Waals surface area contributed by atoms with Crippen LogP contribution in [0.15, 0.2) is 108 Å². The predicted octanol–water partition coefficient (Wildman–Crippen LogP) is 10.6. The van der Waals surface area contributed by atoms with Gasteiger partial charge in [0.05, 0.1) is 56.0 Å². The first kappa shape index (κ1) is 35.5. The average Bonchev–Trinajstić information content (AvgIpc) is 3.69. The van der Waals surface area contributed by atoms with Crippen LogP contribution in [0.2, 0.25) is 0 Å². The first-order valence-electron chi connectivity index (χ1n) is 17.1. The number of halogens is 6. The molecule has 0 saturated heterocycles. The summed E-state index contributed by atoms with van der Waals surface area (Å²) in [5, 5.41) is 39.9. The lowest BCUT2D eigenvalue weighted by Gasteiger charge is -2.09. The van der Waals surface area contributed by atoms with Crippen LogP contribution in [-0.2, 0) is 12.4 Å². The van der Waals surface area contributed by atoms with Crippen LogP contribution in [0, 0.1) is 45.3 Å². The Bertz CT molecular complexity index is 2980. The zero-order chi connectivity index (χ0) is 40.7. The number of alkyl halides is 6. The maximum atomic E-state index is 13.2. The molecule has 2 aliphatic carbocycles. The third-order valence-corrected chi connectivity index (χ3v) is 10.0. The van der Waals surface area contributed by atoms with Gasteiger partial charge < -0.3 is 0 Å². The van der Waals surface area contributed by atoms with Gasteiger partial charge in [-0.1, -0.05) is 48.5 Å². The van der Waals surface area contributed by atoms with E-state index in [9.17, 15) is 47.4 Å². The molecule has 5 aromatic carbocycles. The monoisotopic (exact) mass is 770 g/mol. The molecule has 14 heteroatoms. The van der Waals surface area contributed by atoms with E-state index in [0.717, 1.165) is 24.3 Å². The van der Waals surface area contributed by atoms with Gasteiger partial charge in [-0.3, -0.25) is 0 Å². The van der Waals surface area contributed by atoms with Gasteiger partial charge in [-0.2, -0.15) is 47.4 Å². The van der Waals surface area contributed by atoms with Gasteiger partial charge in [0.15, 0.2) is 0 Å². The van der Waals surface area contributed by atoms with Crippen molar-refractivity contribution in [3.8, 4) is 69.0 Å². The fourth-order valence-corrected chi connectivity index (χ4v) is 7.34. The number of aromatic nitrogens is 4. The number of fused-ring (bicyclic) bond motifs is 8. The Hall–Kier alpha value is -8.20. The molecule has 0 saturated carbocycles. The summed E-state index contributed by atoms with van der Waals surface area (Å²) in [6, 6.07) is 30.4. The molecule has 0 atom stereocenters. The minimum Gasteiger partial charge on any atom is -0.244 e. The second-order valence-corrected chi connectivity index (χ2v) is 13.3. The van der Waals surface area contributed by atoms with Crippen molar-refractivity contribution in [3.05, 3.63) is 142 Å². The normalized spacial score (nSPS) is 12.5. The summed E-state index contributed by atoms with van der Waals surface area (Å²) in [6.07, 6.45) is -9.02. The van der Waals surface area contributed by atoms with Crippen molar-refractivity contribution in [2.75, 3.05) is 0 Å². The molecule has 7 aromatic rings. The quantitative estimate of drug-likeness (QED) is 0.0959.